The summed E-state index contributed by atoms with van der Waals surface area (Å²) in [7, 11) is 0. The molecule has 3 fully saturated rings. The van der Waals surface area contributed by atoms with Crippen LogP contribution in [0.4, 0.5) is 5.69 Å². The van der Waals surface area contributed by atoms with Crippen LogP contribution in [0.15, 0.2) is 55.6 Å². The normalized spacial score (nSPS) is 29.8. The van der Waals surface area contributed by atoms with Crippen LogP contribution < -0.4 is 4.90 Å². The first kappa shape index (κ1) is 27.5. The minimum Gasteiger partial charge on any atom is -0.395 e. The zero-order valence-corrected chi connectivity index (χ0v) is 22.8. The van der Waals surface area contributed by atoms with Gasteiger partial charge >= 0.3 is 0 Å². The van der Waals surface area contributed by atoms with Crippen molar-refractivity contribution < 1.29 is 19.5 Å². The summed E-state index contributed by atoms with van der Waals surface area (Å²) in [5.74, 6) is -1.58. The molecule has 3 aliphatic heterocycles. The van der Waals surface area contributed by atoms with Crippen LogP contribution in [0.5, 0.6) is 0 Å². The van der Waals surface area contributed by atoms with E-state index in [2.05, 4.69) is 27.0 Å². The topological polar surface area (TPSA) is 81.2 Å². The van der Waals surface area contributed by atoms with Gasteiger partial charge in [-0.3, -0.25) is 14.4 Å². The van der Waals surface area contributed by atoms with Gasteiger partial charge in [-0.25, -0.2) is 0 Å². The zero-order valence-electron chi connectivity index (χ0n) is 22.0. The number of unbranched alkanes of at least 4 members (excludes halogenated alkanes) is 1. The van der Waals surface area contributed by atoms with Gasteiger partial charge in [0.05, 0.1) is 23.2 Å². The number of carbonyl (C=O) groups excluding carboxylic acids is 3. The molecule has 3 aliphatic rings. The Morgan fingerprint density at radius 3 is 2.49 bits per heavy atom. The molecule has 8 heteroatoms. The second-order valence-corrected chi connectivity index (χ2v) is 12.4. The molecule has 37 heavy (non-hydrogen) atoms. The fourth-order valence-electron chi connectivity index (χ4n) is 6.63. The van der Waals surface area contributed by atoms with Crippen molar-refractivity contribution in [3.8, 4) is 0 Å². The number of hydrogen-bond acceptors (Lipinski definition) is 5. The molecule has 1 aromatic rings. The molecule has 2 bridgehead atoms. The molecule has 4 rings (SSSR count). The lowest BCUT2D eigenvalue weighted by Gasteiger charge is -2.38. The van der Waals surface area contributed by atoms with E-state index in [0.717, 1.165) is 24.9 Å². The largest absolute Gasteiger partial charge is 0.395 e. The summed E-state index contributed by atoms with van der Waals surface area (Å²) in [6.45, 7) is 13.0. The molecular weight excluding hydrogens is 486 g/mol. The van der Waals surface area contributed by atoms with Gasteiger partial charge in [-0.15, -0.1) is 24.9 Å². The summed E-state index contributed by atoms with van der Waals surface area (Å²) in [5.41, 5.74) is 0.764. The number of aliphatic hydroxyl groups is 1. The molecule has 7 nitrogen and oxygen atoms in total. The van der Waals surface area contributed by atoms with E-state index in [-0.39, 0.29) is 30.9 Å². The summed E-state index contributed by atoms with van der Waals surface area (Å²) >= 11 is 1.66. The summed E-state index contributed by atoms with van der Waals surface area (Å²) in [4.78, 5) is 47.5. The van der Waals surface area contributed by atoms with E-state index in [9.17, 15) is 19.5 Å². The lowest BCUT2D eigenvalue weighted by atomic mass is 9.66. The van der Waals surface area contributed by atoms with E-state index < -0.39 is 27.4 Å². The first-order chi connectivity index (χ1) is 17.8. The highest BCUT2D eigenvalue weighted by molar-refractivity contribution is 8.02. The number of nitrogens with zero attached hydrogens (tertiary/aromatic N) is 3. The average Bonchev–Trinajstić information content (AvgIpc) is 3.46. The summed E-state index contributed by atoms with van der Waals surface area (Å²) in [6, 6.07) is 8.76. The minimum atomic E-state index is -0.705. The average molecular weight is 526 g/mol. The third-order valence-corrected chi connectivity index (χ3v) is 10.2. The Balaban J connectivity index is 1.76. The molecule has 0 aromatic heterocycles. The van der Waals surface area contributed by atoms with Crippen LogP contribution in [0.3, 0.4) is 0 Å². The Morgan fingerprint density at radius 1 is 1.16 bits per heavy atom. The Bertz CT molecular complexity index is 1050. The molecular formula is C29H39N3O4S. The summed E-state index contributed by atoms with van der Waals surface area (Å²) in [5, 5.41) is 9.86. The predicted octanol–water partition coefficient (Wildman–Crippen LogP) is 3.49. The molecule has 1 spiro atoms. The third-order valence-electron chi connectivity index (χ3n) is 8.21. The van der Waals surface area contributed by atoms with Gasteiger partial charge in [0.1, 0.15) is 6.04 Å². The van der Waals surface area contributed by atoms with E-state index in [1.165, 1.54) is 0 Å². The number of amides is 3. The maximum absolute atomic E-state index is 14.3. The predicted molar refractivity (Wildman–Crippen MR) is 148 cm³/mol. The minimum absolute atomic E-state index is 0.0798. The number of likely N-dealkylation sites (tertiary alicyclic amines) is 1. The number of rotatable bonds is 12. The summed E-state index contributed by atoms with van der Waals surface area (Å²) < 4.78 is -1.15. The van der Waals surface area contributed by atoms with Crippen molar-refractivity contribution in [1.29, 1.82) is 0 Å². The molecule has 3 saturated heterocycles. The van der Waals surface area contributed by atoms with Crippen LogP contribution in [-0.2, 0) is 14.4 Å². The Labute approximate surface area is 224 Å². The highest BCUT2D eigenvalue weighted by atomic mass is 32.2. The van der Waals surface area contributed by atoms with E-state index in [1.807, 2.05) is 30.3 Å². The van der Waals surface area contributed by atoms with Crippen molar-refractivity contribution in [3.05, 3.63) is 55.6 Å². The van der Waals surface area contributed by atoms with Gasteiger partial charge in [0.2, 0.25) is 17.7 Å². The van der Waals surface area contributed by atoms with Crippen molar-refractivity contribution in [3.63, 3.8) is 0 Å². The van der Waals surface area contributed by atoms with Crippen LogP contribution >= 0.6 is 11.8 Å². The van der Waals surface area contributed by atoms with Crippen LogP contribution in [0.1, 0.15) is 39.5 Å². The van der Waals surface area contributed by atoms with Gasteiger partial charge in [-0.2, -0.15) is 0 Å². The fraction of sp³-hybridized carbons (Fsp3) is 0.552. The maximum Gasteiger partial charge on any atom is 0.247 e. The fourth-order valence-corrected chi connectivity index (χ4v) is 8.97. The molecule has 2 unspecified atom stereocenters. The van der Waals surface area contributed by atoms with Crippen LogP contribution in [0.25, 0.3) is 0 Å². The molecule has 3 amide bonds. The maximum atomic E-state index is 14.3. The first-order valence-electron chi connectivity index (χ1n) is 13.3. The first-order valence-corrected chi connectivity index (χ1v) is 14.1. The lowest BCUT2D eigenvalue weighted by molar-refractivity contribution is -0.143. The van der Waals surface area contributed by atoms with Gasteiger partial charge in [-0.05, 0) is 38.3 Å². The molecule has 1 N–H and O–H groups in total. The molecule has 0 aliphatic carbocycles. The molecule has 0 saturated carbocycles. The van der Waals surface area contributed by atoms with E-state index in [0.29, 0.717) is 26.1 Å². The Hall–Kier alpha value is -2.58. The number of β-amino-alcohol motifs (C(OH)–C–C–N with tert-alkyl or cyclic N) is 1. The van der Waals surface area contributed by atoms with Gasteiger partial charge < -0.3 is 19.8 Å². The van der Waals surface area contributed by atoms with Gasteiger partial charge in [0, 0.05) is 36.6 Å². The quantitative estimate of drug-likeness (QED) is 0.423. The van der Waals surface area contributed by atoms with E-state index in [4.69, 9.17) is 0 Å². The standard InChI is InChI=1S/C29H39N3O4S/c1-5-8-18-30(16-6-2)27(36)24-29-15-14-28(4,37-29)22(23(29)26(35)32(24)19-20-33)25(34)31(17-7-3)21-12-10-9-11-13-21/h6-7,9-13,22-24,33H,2-3,5,8,14-20H2,1,4H3/t22-,23-,24?,28+,29?/m0/s1. The molecule has 1 aromatic carbocycles. The van der Waals surface area contributed by atoms with Crippen molar-refractivity contribution in [2.45, 2.75) is 55.1 Å². The number of fused-ring (bicyclic) bond motifs is 1. The number of hydrogen-bond donors (Lipinski definition) is 1. The monoisotopic (exact) mass is 525 g/mol. The second-order valence-electron chi connectivity index (χ2n) is 10.5. The Morgan fingerprint density at radius 2 is 1.86 bits per heavy atom. The molecule has 200 valence electrons. The number of aliphatic hydroxyl groups excluding tert-OH is 1. The number of anilines is 1. The van der Waals surface area contributed by atoms with Crippen molar-refractivity contribution >= 4 is 35.2 Å². The number of para-hydroxylation sites is 1. The number of carbonyl (C=O) groups is 3. The molecule has 5 atom stereocenters. The molecule has 0 radical (unpaired) electrons. The van der Waals surface area contributed by atoms with Gasteiger partial charge in [0.15, 0.2) is 0 Å². The van der Waals surface area contributed by atoms with Gasteiger partial charge in [-0.1, -0.05) is 43.7 Å². The van der Waals surface area contributed by atoms with Gasteiger partial charge in [0.25, 0.3) is 0 Å². The van der Waals surface area contributed by atoms with E-state index >= 15 is 0 Å². The van der Waals surface area contributed by atoms with Crippen LogP contribution in [-0.4, -0.2) is 80.9 Å². The number of thioether (sulfide) groups is 1. The van der Waals surface area contributed by atoms with Crippen LogP contribution in [0, 0.1) is 11.8 Å². The van der Waals surface area contributed by atoms with Crippen molar-refractivity contribution in [1.82, 2.24) is 9.80 Å². The lowest BCUT2D eigenvalue weighted by Crippen LogP contribution is -2.55. The summed E-state index contributed by atoms with van der Waals surface area (Å²) in [6.07, 6.45) is 6.66. The Kier molecular flexibility index (Phi) is 8.19. The van der Waals surface area contributed by atoms with E-state index in [1.54, 1.807) is 38.6 Å². The number of benzene rings is 1. The smallest absolute Gasteiger partial charge is 0.247 e. The van der Waals surface area contributed by atoms with Crippen LogP contribution in [0.2, 0.25) is 0 Å². The zero-order chi connectivity index (χ0) is 26.8. The highest BCUT2D eigenvalue weighted by Crippen LogP contribution is 2.71. The van der Waals surface area contributed by atoms with Crippen molar-refractivity contribution in [2.24, 2.45) is 11.8 Å². The SMILES string of the molecule is C=CCN(CCCC)C(=O)C1N(CCO)C(=O)[C@@H]2[C@@H](C(=O)N(CC=C)c3ccccc3)[C@@]3(C)CCC12S3. The molecule has 3 heterocycles. The second kappa shape index (κ2) is 11.0. The highest BCUT2D eigenvalue weighted by Gasteiger charge is 2.77. The third kappa shape index (κ3) is 4.52. The van der Waals surface area contributed by atoms with Crippen molar-refractivity contribution in [2.75, 3.05) is 37.7 Å².